The van der Waals surface area contributed by atoms with Crippen molar-refractivity contribution in [3.05, 3.63) is 0 Å². The van der Waals surface area contributed by atoms with E-state index in [1.165, 1.54) is 12.8 Å². The molecule has 3 fully saturated rings. The number of likely N-dealkylation sites (tertiary alicyclic amines) is 2. The van der Waals surface area contributed by atoms with Crippen LogP contribution in [-0.2, 0) is 4.79 Å². The molecule has 0 aromatic rings. The summed E-state index contributed by atoms with van der Waals surface area (Å²) in [5.41, 5.74) is 5.24. The molecule has 1 aliphatic carbocycles. The normalized spacial score (nSPS) is 25.2. The van der Waals surface area contributed by atoms with Crippen molar-refractivity contribution in [2.45, 2.75) is 57.0 Å². The van der Waals surface area contributed by atoms with Crippen LogP contribution in [0.5, 0.6) is 0 Å². The predicted octanol–water partition coefficient (Wildman–Crippen LogP) is 0.910. The molecule has 3 rings (SSSR count). The van der Waals surface area contributed by atoms with Gasteiger partial charge < -0.3 is 20.9 Å². The fourth-order valence-electron chi connectivity index (χ4n) is 3.74. The summed E-state index contributed by atoms with van der Waals surface area (Å²) >= 11 is 0. The molecule has 0 radical (unpaired) electrons. The van der Waals surface area contributed by atoms with Crippen molar-refractivity contribution in [3.8, 4) is 0 Å². The van der Waals surface area contributed by atoms with Crippen LogP contribution in [0.1, 0.15) is 44.9 Å². The van der Waals surface area contributed by atoms with E-state index in [1.54, 1.807) is 0 Å². The number of nitrogens with zero attached hydrogens (tertiary/aromatic N) is 2. The number of primary amides is 1. The second kappa shape index (κ2) is 6.86. The second-order valence-electron chi connectivity index (χ2n) is 7.09. The lowest BCUT2D eigenvalue weighted by Crippen LogP contribution is -2.51. The zero-order valence-electron chi connectivity index (χ0n) is 13.3. The van der Waals surface area contributed by atoms with E-state index >= 15 is 0 Å². The smallest absolute Gasteiger partial charge is 0.317 e. The van der Waals surface area contributed by atoms with Crippen LogP contribution < -0.4 is 11.1 Å². The number of carbonyl (C=O) groups is 2. The highest BCUT2D eigenvalue weighted by molar-refractivity contribution is 5.75. The first kappa shape index (κ1) is 15.6. The van der Waals surface area contributed by atoms with E-state index < -0.39 is 0 Å². The largest absolute Gasteiger partial charge is 0.370 e. The quantitative estimate of drug-likeness (QED) is 0.810. The highest BCUT2D eigenvalue weighted by Crippen LogP contribution is 2.29. The maximum atomic E-state index is 12.3. The van der Waals surface area contributed by atoms with Gasteiger partial charge in [0.25, 0.3) is 0 Å². The Bertz CT molecular complexity index is 408. The molecule has 1 saturated carbocycles. The van der Waals surface area contributed by atoms with Crippen LogP contribution in [0, 0.1) is 5.92 Å². The molecule has 2 aliphatic heterocycles. The maximum Gasteiger partial charge on any atom is 0.317 e. The number of amides is 3. The molecular formula is C16H28N4O2. The minimum Gasteiger partial charge on any atom is -0.370 e. The molecule has 0 aromatic carbocycles. The average molecular weight is 308 g/mol. The van der Waals surface area contributed by atoms with E-state index in [1.807, 2.05) is 4.90 Å². The van der Waals surface area contributed by atoms with Crippen molar-refractivity contribution in [1.29, 1.82) is 0 Å². The first-order valence-electron chi connectivity index (χ1n) is 8.69. The molecule has 0 unspecified atom stereocenters. The number of rotatable bonds is 4. The lowest BCUT2D eigenvalue weighted by Gasteiger charge is -2.36. The van der Waals surface area contributed by atoms with Crippen LogP contribution in [-0.4, -0.2) is 60.0 Å². The van der Waals surface area contributed by atoms with Crippen molar-refractivity contribution in [3.63, 3.8) is 0 Å². The molecule has 6 heteroatoms. The Morgan fingerprint density at radius 2 is 1.59 bits per heavy atom. The Hall–Kier alpha value is -1.30. The van der Waals surface area contributed by atoms with Crippen LogP contribution in [0.3, 0.4) is 0 Å². The minimum absolute atomic E-state index is 0.0717. The molecule has 22 heavy (non-hydrogen) atoms. The number of urea groups is 1. The number of nitrogens with one attached hydrogen (secondary N) is 1. The molecular weight excluding hydrogens is 280 g/mol. The zero-order chi connectivity index (χ0) is 15.5. The number of piperidine rings is 2. The van der Waals surface area contributed by atoms with Gasteiger partial charge in [-0.05, 0) is 44.4 Å². The Kier molecular flexibility index (Phi) is 4.86. The van der Waals surface area contributed by atoms with E-state index in [4.69, 9.17) is 5.73 Å². The van der Waals surface area contributed by atoms with Crippen LogP contribution in [0.15, 0.2) is 0 Å². The second-order valence-corrected chi connectivity index (χ2v) is 7.09. The Balaban J connectivity index is 1.36. The van der Waals surface area contributed by atoms with Gasteiger partial charge in [-0.2, -0.15) is 0 Å². The van der Waals surface area contributed by atoms with Gasteiger partial charge in [-0.1, -0.05) is 0 Å². The molecule has 124 valence electrons. The summed E-state index contributed by atoms with van der Waals surface area (Å²) in [4.78, 5) is 27.7. The lowest BCUT2D eigenvalue weighted by atomic mass is 9.93. The maximum absolute atomic E-state index is 12.3. The van der Waals surface area contributed by atoms with Gasteiger partial charge in [0.2, 0.25) is 5.91 Å². The Morgan fingerprint density at radius 3 is 2.14 bits per heavy atom. The summed E-state index contributed by atoms with van der Waals surface area (Å²) in [5.74, 6) is 0.119. The Labute approximate surface area is 132 Å². The molecule has 0 aromatic heterocycles. The third kappa shape index (κ3) is 4.12. The van der Waals surface area contributed by atoms with Crippen molar-refractivity contribution >= 4 is 11.9 Å². The topological polar surface area (TPSA) is 78.7 Å². The van der Waals surface area contributed by atoms with Crippen molar-refractivity contribution in [2.24, 2.45) is 11.7 Å². The lowest BCUT2D eigenvalue weighted by molar-refractivity contribution is -0.119. The van der Waals surface area contributed by atoms with Gasteiger partial charge in [0.1, 0.15) is 0 Å². The van der Waals surface area contributed by atoms with Crippen LogP contribution in [0.25, 0.3) is 0 Å². The summed E-state index contributed by atoms with van der Waals surface area (Å²) in [7, 11) is 0. The van der Waals surface area contributed by atoms with E-state index in [2.05, 4.69) is 10.2 Å². The molecule has 0 spiro atoms. The number of nitrogens with two attached hydrogens (primary N) is 1. The Morgan fingerprint density at radius 1 is 0.955 bits per heavy atom. The molecule has 3 aliphatic rings. The molecule has 6 nitrogen and oxygen atoms in total. The SMILES string of the molecule is NC(=O)CC1CCN(C(=O)NC2CCN(C3CC3)CC2)CC1. The summed E-state index contributed by atoms with van der Waals surface area (Å²) < 4.78 is 0. The standard InChI is InChI=1S/C16H28N4O2/c17-15(21)11-12-3-7-20(8-4-12)16(22)18-13-5-9-19(10-6-13)14-1-2-14/h12-14H,1-11H2,(H2,17,21)(H,18,22). The summed E-state index contributed by atoms with van der Waals surface area (Å²) in [6.45, 7) is 3.72. The van der Waals surface area contributed by atoms with Gasteiger partial charge in [-0.25, -0.2) is 4.79 Å². The molecule has 2 saturated heterocycles. The van der Waals surface area contributed by atoms with Crippen LogP contribution in [0.2, 0.25) is 0 Å². The summed E-state index contributed by atoms with van der Waals surface area (Å²) in [6.07, 6.45) is 7.08. The summed E-state index contributed by atoms with van der Waals surface area (Å²) in [5, 5.41) is 3.19. The van der Waals surface area contributed by atoms with Gasteiger partial charge in [0.05, 0.1) is 0 Å². The number of hydrogen-bond acceptors (Lipinski definition) is 3. The molecule has 3 N–H and O–H groups in total. The third-order valence-corrected chi connectivity index (χ3v) is 5.31. The molecule has 0 atom stereocenters. The van der Waals surface area contributed by atoms with E-state index in [0.717, 1.165) is 57.9 Å². The fourth-order valence-corrected chi connectivity index (χ4v) is 3.74. The van der Waals surface area contributed by atoms with Gasteiger partial charge >= 0.3 is 6.03 Å². The van der Waals surface area contributed by atoms with Crippen LogP contribution >= 0.6 is 0 Å². The van der Waals surface area contributed by atoms with E-state index in [-0.39, 0.29) is 11.9 Å². The first-order chi connectivity index (χ1) is 10.6. The predicted molar refractivity (Wildman–Crippen MR) is 84.3 cm³/mol. The highest BCUT2D eigenvalue weighted by atomic mass is 16.2. The minimum atomic E-state index is -0.231. The van der Waals surface area contributed by atoms with Crippen molar-refractivity contribution in [1.82, 2.24) is 15.1 Å². The number of carbonyl (C=O) groups excluding carboxylic acids is 2. The zero-order valence-corrected chi connectivity index (χ0v) is 13.3. The van der Waals surface area contributed by atoms with E-state index in [0.29, 0.717) is 18.4 Å². The van der Waals surface area contributed by atoms with Gasteiger partial charge in [0, 0.05) is 44.7 Å². The molecule has 3 amide bonds. The van der Waals surface area contributed by atoms with Crippen LogP contribution in [0.4, 0.5) is 4.79 Å². The third-order valence-electron chi connectivity index (χ3n) is 5.31. The highest BCUT2D eigenvalue weighted by Gasteiger charge is 2.32. The monoisotopic (exact) mass is 308 g/mol. The fraction of sp³-hybridized carbons (Fsp3) is 0.875. The first-order valence-corrected chi connectivity index (χ1v) is 8.69. The van der Waals surface area contributed by atoms with Crippen molar-refractivity contribution in [2.75, 3.05) is 26.2 Å². The number of hydrogen-bond donors (Lipinski definition) is 2. The molecule has 2 heterocycles. The summed E-state index contributed by atoms with van der Waals surface area (Å²) in [6, 6.07) is 1.23. The molecule has 0 bridgehead atoms. The van der Waals surface area contributed by atoms with E-state index in [9.17, 15) is 9.59 Å². The van der Waals surface area contributed by atoms with Crippen molar-refractivity contribution < 1.29 is 9.59 Å². The average Bonchev–Trinajstić information content (AvgIpc) is 3.33. The van der Waals surface area contributed by atoms with Gasteiger partial charge in [-0.15, -0.1) is 0 Å². The van der Waals surface area contributed by atoms with Gasteiger partial charge in [-0.3, -0.25) is 4.79 Å². The van der Waals surface area contributed by atoms with Gasteiger partial charge in [0.15, 0.2) is 0 Å².